The molecular formula is C14H16ClF3N2O. The molecule has 1 aromatic rings. The molecule has 7 heteroatoms. The van der Waals surface area contributed by atoms with Crippen LogP contribution in [0.4, 0.5) is 13.2 Å². The molecule has 1 aromatic carbocycles. The van der Waals surface area contributed by atoms with E-state index in [0.29, 0.717) is 37.7 Å². The van der Waals surface area contributed by atoms with Crippen molar-refractivity contribution in [2.75, 3.05) is 26.2 Å². The number of hydrogen-bond acceptors (Lipinski definition) is 2. The summed E-state index contributed by atoms with van der Waals surface area (Å²) in [6.07, 6.45) is -5.81. The van der Waals surface area contributed by atoms with Crippen molar-refractivity contribution in [2.45, 2.75) is 19.1 Å². The molecule has 0 spiro atoms. The third kappa shape index (κ3) is 5.21. The molecule has 0 atom stereocenters. The molecule has 1 fully saturated rings. The minimum atomic E-state index is -4.44. The van der Waals surface area contributed by atoms with Gasteiger partial charge in [0.2, 0.25) is 5.91 Å². The molecule has 0 aromatic heterocycles. The maximum atomic E-state index is 12.2. The highest BCUT2D eigenvalue weighted by Crippen LogP contribution is 2.21. The molecule has 1 aliphatic heterocycles. The third-order valence-electron chi connectivity index (χ3n) is 3.37. The van der Waals surface area contributed by atoms with Crippen molar-refractivity contribution < 1.29 is 18.0 Å². The minimum Gasteiger partial charge on any atom is -0.340 e. The summed E-state index contributed by atoms with van der Waals surface area (Å²) >= 11 is 5.91. The highest BCUT2D eigenvalue weighted by molar-refractivity contribution is 6.30. The second-order valence-corrected chi connectivity index (χ2v) is 5.52. The van der Waals surface area contributed by atoms with Crippen LogP contribution in [0.3, 0.4) is 0 Å². The first-order valence-corrected chi connectivity index (χ1v) is 7.02. The Morgan fingerprint density at radius 1 is 1.19 bits per heavy atom. The highest BCUT2D eigenvalue weighted by atomic mass is 35.5. The molecule has 0 unspecified atom stereocenters. The van der Waals surface area contributed by atoms with Crippen LogP contribution in [0.5, 0.6) is 0 Å². The molecule has 0 aliphatic carbocycles. The van der Waals surface area contributed by atoms with Crippen LogP contribution in [0.15, 0.2) is 24.3 Å². The molecule has 21 heavy (non-hydrogen) atoms. The van der Waals surface area contributed by atoms with E-state index in [1.165, 1.54) is 4.90 Å². The van der Waals surface area contributed by atoms with Gasteiger partial charge in [-0.3, -0.25) is 9.69 Å². The molecule has 0 radical (unpaired) electrons. The van der Waals surface area contributed by atoms with Crippen molar-refractivity contribution in [2.24, 2.45) is 0 Å². The summed E-state index contributed by atoms with van der Waals surface area (Å²) in [6.45, 7) is 2.47. The molecule has 1 amide bonds. The van der Waals surface area contributed by atoms with Gasteiger partial charge < -0.3 is 4.90 Å². The number of nitrogens with zero attached hydrogens (tertiary/aromatic N) is 2. The fourth-order valence-corrected chi connectivity index (χ4v) is 2.55. The Hall–Kier alpha value is -1.27. The van der Waals surface area contributed by atoms with Crippen LogP contribution in [-0.2, 0) is 11.3 Å². The van der Waals surface area contributed by atoms with E-state index in [1.54, 1.807) is 6.07 Å². The minimum absolute atomic E-state index is 0.329. The number of hydrogen-bond donors (Lipinski definition) is 0. The van der Waals surface area contributed by atoms with E-state index in [0.717, 1.165) is 5.56 Å². The van der Waals surface area contributed by atoms with Crippen LogP contribution in [0, 0.1) is 0 Å². The number of carbonyl (C=O) groups excluding carboxylic acids is 1. The second-order valence-electron chi connectivity index (χ2n) is 5.08. The summed E-state index contributed by atoms with van der Waals surface area (Å²) in [7, 11) is 0. The first-order valence-electron chi connectivity index (χ1n) is 6.65. The van der Waals surface area contributed by atoms with Crippen molar-refractivity contribution in [1.82, 2.24) is 9.80 Å². The van der Waals surface area contributed by atoms with Crippen molar-refractivity contribution >= 4 is 17.5 Å². The van der Waals surface area contributed by atoms with Crippen LogP contribution in [-0.4, -0.2) is 48.1 Å². The van der Waals surface area contributed by atoms with Crippen molar-refractivity contribution in [1.29, 1.82) is 0 Å². The SMILES string of the molecule is O=C(CC(F)(F)F)N1CCN(Cc2cccc(Cl)c2)CC1. The molecule has 1 aliphatic rings. The van der Waals surface area contributed by atoms with Gasteiger partial charge in [-0.15, -0.1) is 0 Å². The Labute approximate surface area is 126 Å². The molecule has 1 heterocycles. The van der Waals surface area contributed by atoms with Gasteiger partial charge in [0, 0.05) is 37.7 Å². The van der Waals surface area contributed by atoms with Gasteiger partial charge in [-0.25, -0.2) is 0 Å². The predicted octanol–water partition coefficient (Wildman–Crippen LogP) is 2.94. The number of piperazine rings is 1. The van der Waals surface area contributed by atoms with Gasteiger partial charge in [-0.05, 0) is 17.7 Å². The first kappa shape index (κ1) is 16.1. The predicted molar refractivity (Wildman–Crippen MR) is 74.0 cm³/mol. The molecular weight excluding hydrogens is 305 g/mol. The van der Waals surface area contributed by atoms with Crippen LogP contribution in [0.1, 0.15) is 12.0 Å². The molecule has 0 N–H and O–H groups in total. The summed E-state index contributed by atoms with van der Waals surface area (Å²) in [6, 6.07) is 7.47. The fraction of sp³-hybridized carbons (Fsp3) is 0.500. The summed E-state index contributed by atoms with van der Waals surface area (Å²) in [5.74, 6) is -0.843. The van der Waals surface area contributed by atoms with Gasteiger partial charge >= 0.3 is 6.18 Å². The molecule has 2 rings (SSSR count). The van der Waals surface area contributed by atoms with E-state index < -0.39 is 18.5 Å². The molecule has 0 bridgehead atoms. The van der Waals surface area contributed by atoms with Crippen LogP contribution >= 0.6 is 11.6 Å². The standard InChI is InChI=1S/C14H16ClF3N2O/c15-12-3-1-2-11(8-12)10-19-4-6-20(7-5-19)13(21)9-14(16,17)18/h1-3,8H,4-7,9-10H2. The average Bonchev–Trinajstić information content (AvgIpc) is 2.37. The van der Waals surface area contributed by atoms with E-state index in [-0.39, 0.29) is 0 Å². The zero-order valence-corrected chi connectivity index (χ0v) is 12.1. The second kappa shape index (κ2) is 6.66. The molecule has 116 valence electrons. The normalized spacial score (nSPS) is 17.0. The Balaban J connectivity index is 1.82. The monoisotopic (exact) mass is 320 g/mol. The lowest BCUT2D eigenvalue weighted by molar-refractivity contribution is -0.162. The lowest BCUT2D eigenvalue weighted by Crippen LogP contribution is -2.49. The molecule has 0 saturated carbocycles. The summed E-state index contributed by atoms with van der Waals surface area (Å²) in [5, 5.41) is 0.659. The van der Waals surface area contributed by atoms with Crippen LogP contribution < -0.4 is 0 Å². The van der Waals surface area contributed by atoms with Crippen LogP contribution in [0.25, 0.3) is 0 Å². The van der Waals surface area contributed by atoms with E-state index in [2.05, 4.69) is 4.90 Å². The van der Waals surface area contributed by atoms with Crippen molar-refractivity contribution in [3.05, 3.63) is 34.9 Å². The molecule has 1 saturated heterocycles. The van der Waals surface area contributed by atoms with E-state index in [1.807, 2.05) is 18.2 Å². The van der Waals surface area contributed by atoms with E-state index >= 15 is 0 Å². The first-order chi connectivity index (χ1) is 9.83. The zero-order chi connectivity index (χ0) is 15.5. The number of amides is 1. The Morgan fingerprint density at radius 3 is 2.43 bits per heavy atom. The lowest BCUT2D eigenvalue weighted by atomic mass is 10.2. The largest absolute Gasteiger partial charge is 0.397 e. The maximum Gasteiger partial charge on any atom is 0.397 e. The topological polar surface area (TPSA) is 23.6 Å². The highest BCUT2D eigenvalue weighted by Gasteiger charge is 2.34. The fourth-order valence-electron chi connectivity index (χ4n) is 2.33. The Bertz CT molecular complexity index is 499. The van der Waals surface area contributed by atoms with E-state index in [9.17, 15) is 18.0 Å². The smallest absolute Gasteiger partial charge is 0.340 e. The van der Waals surface area contributed by atoms with Gasteiger partial charge in [0.25, 0.3) is 0 Å². The van der Waals surface area contributed by atoms with E-state index in [4.69, 9.17) is 11.6 Å². The number of alkyl halides is 3. The van der Waals surface area contributed by atoms with Crippen molar-refractivity contribution in [3.63, 3.8) is 0 Å². The zero-order valence-electron chi connectivity index (χ0n) is 11.4. The van der Waals surface area contributed by atoms with Gasteiger partial charge in [-0.2, -0.15) is 13.2 Å². The van der Waals surface area contributed by atoms with Gasteiger partial charge in [0.15, 0.2) is 0 Å². The van der Waals surface area contributed by atoms with Crippen molar-refractivity contribution in [3.8, 4) is 0 Å². The third-order valence-corrected chi connectivity index (χ3v) is 3.61. The van der Waals surface area contributed by atoms with Gasteiger partial charge in [0.05, 0.1) is 0 Å². The average molecular weight is 321 g/mol. The van der Waals surface area contributed by atoms with Crippen LogP contribution in [0.2, 0.25) is 5.02 Å². The lowest BCUT2D eigenvalue weighted by Gasteiger charge is -2.35. The number of halogens is 4. The Kier molecular flexibility index (Phi) is 5.11. The number of benzene rings is 1. The summed E-state index contributed by atoms with van der Waals surface area (Å²) in [4.78, 5) is 14.9. The maximum absolute atomic E-state index is 12.2. The van der Waals surface area contributed by atoms with Gasteiger partial charge in [0.1, 0.15) is 6.42 Å². The molecule has 3 nitrogen and oxygen atoms in total. The summed E-state index contributed by atoms with van der Waals surface area (Å²) < 4.78 is 36.6. The summed E-state index contributed by atoms with van der Waals surface area (Å²) in [5.41, 5.74) is 1.05. The Morgan fingerprint density at radius 2 is 1.86 bits per heavy atom. The quantitative estimate of drug-likeness (QED) is 0.855. The number of carbonyl (C=O) groups is 1. The number of rotatable bonds is 3. The van der Waals surface area contributed by atoms with Gasteiger partial charge in [-0.1, -0.05) is 23.7 Å².